The third-order valence-electron chi connectivity index (χ3n) is 3.24. The van der Waals surface area contributed by atoms with Gasteiger partial charge in [-0.1, -0.05) is 61.1 Å². The van der Waals surface area contributed by atoms with Crippen molar-refractivity contribution in [2.24, 2.45) is 0 Å². The van der Waals surface area contributed by atoms with Crippen LogP contribution in [0.4, 0.5) is 0 Å². The standard InChI is InChI=1S/C16H18N4OS/c1-11(2)13-9-17-16(18-13)22-10-15-19-14(20-21-15)8-12-6-4-3-5-7-12/h3-7,9,11H,8,10H2,1-2H3,(H,17,18). The molecule has 0 radical (unpaired) electrons. The van der Waals surface area contributed by atoms with E-state index in [9.17, 15) is 0 Å². The molecular weight excluding hydrogens is 296 g/mol. The van der Waals surface area contributed by atoms with Crippen molar-refractivity contribution >= 4 is 11.8 Å². The van der Waals surface area contributed by atoms with E-state index in [0.717, 1.165) is 10.9 Å². The van der Waals surface area contributed by atoms with E-state index in [-0.39, 0.29) is 0 Å². The van der Waals surface area contributed by atoms with Crippen LogP contribution in [0.5, 0.6) is 0 Å². The predicted octanol–water partition coefficient (Wildman–Crippen LogP) is 3.80. The monoisotopic (exact) mass is 314 g/mol. The smallest absolute Gasteiger partial charge is 0.237 e. The fourth-order valence-corrected chi connectivity index (χ4v) is 2.71. The molecule has 22 heavy (non-hydrogen) atoms. The lowest BCUT2D eigenvalue weighted by molar-refractivity contribution is 0.385. The van der Waals surface area contributed by atoms with Crippen molar-refractivity contribution in [3.63, 3.8) is 0 Å². The zero-order valence-electron chi connectivity index (χ0n) is 12.6. The van der Waals surface area contributed by atoms with E-state index in [0.29, 0.717) is 29.8 Å². The van der Waals surface area contributed by atoms with Gasteiger partial charge in [0.25, 0.3) is 0 Å². The van der Waals surface area contributed by atoms with Gasteiger partial charge in [0, 0.05) is 18.3 Å². The number of aromatic amines is 1. The molecule has 1 aromatic carbocycles. The summed E-state index contributed by atoms with van der Waals surface area (Å²) in [5.74, 6) is 2.40. The Balaban J connectivity index is 1.57. The van der Waals surface area contributed by atoms with Crippen LogP contribution >= 0.6 is 11.8 Å². The van der Waals surface area contributed by atoms with E-state index in [1.807, 2.05) is 24.4 Å². The lowest BCUT2D eigenvalue weighted by Crippen LogP contribution is -1.91. The molecule has 0 aliphatic carbocycles. The van der Waals surface area contributed by atoms with Crippen LogP contribution in [0, 0.1) is 0 Å². The maximum absolute atomic E-state index is 5.29. The molecule has 0 amide bonds. The van der Waals surface area contributed by atoms with Gasteiger partial charge in [-0.3, -0.25) is 0 Å². The highest BCUT2D eigenvalue weighted by atomic mass is 32.2. The first-order chi connectivity index (χ1) is 10.7. The molecule has 6 heteroatoms. The third-order valence-corrected chi connectivity index (χ3v) is 4.11. The summed E-state index contributed by atoms with van der Waals surface area (Å²) in [6.45, 7) is 4.27. The number of hydrogen-bond acceptors (Lipinski definition) is 5. The second kappa shape index (κ2) is 6.79. The lowest BCUT2D eigenvalue weighted by Gasteiger charge is -1.98. The molecule has 0 spiro atoms. The van der Waals surface area contributed by atoms with Crippen molar-refractivity contribution in [1.82, 2.24) is 20.1 Å². The number of nitrogens with one attached hydrogen (secondary N) is 1. The summed E-state index contributed by atoms with van der Waals surface area (Å²) in [5.41, 5.74) is 2.31. The number of nitrogens with zero attached hydrogens (tertiary/aromatic N) is 3. The van der Waals surface area contributed by atoms with Crippen LogP contribution in [-0.2, 0) is 12.2 Å². The summed E-state index contributed by atoms with van der Waals surface area (Å²) in [4.78, 5) is 12.1. The van der Waals surface area contributed by atoms with Crippen molar-refractivity contribution in [2.75, 3.05) is 0 Å². The molecule has 2 aromatic heterocycles. The molecule has 2 heterocycles. The summed E-state index contributed by atoms with van der Waals surface area (Å²) < 4.78 is 5.29. The molecule has 0 atom stereocenters. The van der Waals surface area contributed by atoms with Gasteiger partial charge in [-0.2, -0.15) is 4.98 Å². The fraction of sp³-hybridized carbons (Fsp3) is 0.312. The summed E-state index contributed by atoms with van der Waals surface area (Å²) >= 11 is 1.57. The van der Waals surface area contributed by atoms with Gasteiger partial charge in [-0.15, -0.1) is 0 Å². The molecule has 0 fully saturated rings. The second-order valence-corrected chi connectivity index (χ2v) is 6.32. The molecular formula is C16H18N4OS. The van der Waals surface area contributed by atoms with Crippen molar-refractivity contribution < 1.29 is 4.52 Å². The molecule has 0 aliphatic rings. The Morgan fingerprint density at radius 1 is 1.23 bits per heavy atom. The van der Waals surface area contributed by atoms with Crippen LogP contribution in [0.1, 0.15) is 42.7 Å². The summed E-state index contributed by atoms with van der Waals surface area (Å²) in [5, 5.41) is 4.91. The number of thioether (sulfide) groups is 1. The summed E-state index contributed by atoms with van der Waals surface area (Å²) in [7, 11) is 0. The van der Waals surface area contributed by atoms with Crippen LogP contribution in [0.25, 0.3) is 0 Å². The van der Waals surface area contributed by atoms with Crippen LogP contribution in [-0.4, -0.2) is 20.1 Å². The minimum absolute atomic E-state index is 0.447. The molecule has 114 valence electrons. The quantitative estimate of drug-likeness (QED) is 0.701. The van der Waals surface area contributed by atoms with Gasteiger partial charge in [0.1, 0.15) is 0 Å². The highest BCUT2D eigenvalue weighted by molar-refractivity contribution is 7.98. The molecule has 0 saturated heterocycles. The van der Waals surface area contributed by atoms with Crippen molar-refractivity contribution in [3.05, 3.63) is 59.5 Å². The normalized spacial score (nSPS) is 11.2. The number of H-pyrrole nitrogens is 1. The SMILES string of the molecule is CC(C)c1cnc(SCc2nc(Cc3ccccc3)no2)[nH]1. The van der Waals surface area contributed by atoms with Gasteiger partial charge in [0.2, 0.25) is 5.89 Å². The maximum Gasteiger partial charge on any atom is 0.237 e. The van der Waals surface area contributed by atoms with Gasteiger partial charge in [-0.05, 0) is 11.5 Å². The van der Waals surface area contributed by atoms with Gasteiger partial charge in [0.05, 0.1) is 5.75 Å². The Morgan fingerprint density at radius 3 is 2.77 bits per heavy atom. The largest absolute Gasteiger partial charge is 0.338 e. The van der Waals surface area contributed by atoms with E-state index >= 15 is 0 Å². The zero-order chi connectivity index (χ0) is 15.4. The van der Waals surface area contributed by atoms with E-state index in [1.54, 1.807) is 11.8 Å². The lowest BCUT2D eigenvalue weighted by atomic mass is 10.1. The Hall–Kier alpha value is -2.08. The number of rotatable bonds is 6. The van der Waals surface area contributed by atoms with Gasteiger partial charge >= 0.3 is 0 Å². The molecule has 1 N–H and O–H groups in total. The van der Waals surface area contributed by atoms with Crippen molar-refractivity contribution in [2.45, 2.75) is 37.1 Å². The molecule has 3 aromatic rings. The molecule has 0 aliphatic heterocycles. The van der Waals surface area contributed by atoms with E-state index in [4.69, 9.17) is 4.52 Å². The minimum atomic E-state index is 0.447. The number of aromatic nitrogens is 4. The van der Waals surface area contributed by atoms with Gasteiger partial charge < -0.3 is 9.51 Å². The fourth-order valence-electron chi connectivity index (χ4n) is 2.01. The molecule has 0 unspecified atom stereocenters. The average Bonchev–Trinajstić information content (AvgIpc) is 3.15. The Morgan fingerprint density at radius 2 is 2.05 bits per heavy atom. The van der Waals surface area contributed by atoms with Crippen LogP contribution in [0.15, 0.2) is 46.2 Å². The molecule has 3 rings (SSSR count). The first-order valence-electron chi connectivity index (χ1n) is 7.24. The number of imidazole rings is 1. The highest BCUT2D eigenvalue weighted by Gasteiger charge is 2.10. The van der Waals surface area contributed by atoms with Crippen LogP contribution in [0.3, 0.4) is 0 Å². The zero-order valence-corrected chi connectivity index (χ0v) is 13.4. The van der Waals surface area contributed by atoms with Crippen LogP contribution < -0.4 is 0 Å². The molecule has 0 saturated carbocycles. The van der Waals surface area contributed by atoms with E-state index in [1.165, 1.54) is 5.56 Å². The Labute approximate surface area is 133 Å². The Bertz CT molecular complexity index is 721. The van der Waals surface area contributed by atoms with E-state index in [2.05, 4.69) is 46.1 Å². The van der Waals surface area contributed by atoms with Crippen molar-refractivity contribution in [1.29, 1.82) is 0 Å². The van der Waals surface area contributed by atoms with Gasteiger partial charge in [0.15, 0.2) is 11.0 Å². The first kappa shape index (κ1) is 14.8. The Kier molecular flexibility index (Phi) is 4.58. The maximum atomic E-state index is 5.29. The van der Waals surface area contributed by atoms with Crippen LogP contribution in [0.2, 0.25) is 0 Å². The van der Waals surface area contributed by atoms with Crippen molar-refractivity contribution in [3.8, 4) is 0 Å². The minimum Gasteiger partial charge on any atom is -0.338 e. The highest BCUT2D eigenvalue weighted by Crippen LogP contribution is 2.21. The second-order valence-electron chi connectivity index (χ2n) is 5.35. The van der Waals surface area contributed by atoms with Gasteiger partial charge in [-0.25, -0.2) is 4.98 Å². The number of benzene rings is 1. The molecule has 5 nitrogen and oxygen atoms in total. The third kappa shape index (κ3) is 3.76. The summed E-state index contributed by atoms with van der Waals surface area (Å²) in [6.07, 6.45) is 2.56. The topological polar surface area (TPSA) is 67.6 Å². The number of hydrogen-bond donors (Lipinski definition) is 1. The molecule has 0 bridgehead atoms. The predicted molar refractivity (Wildman–Crippen MR) is 85.8 cm³/mol. The van der Waals surface area contributed by atoms with E-state index < -0.39 is 0 Å². The first-order valence-corrected chi connectivity index (χ1v) is 8.22. The average molecular weight is 314 g/mol. The summed E-state index contributed by atoms with van der Waals surface area (Å²) in [6, 6.07) is 10.1.